The van der Waals surface area contributed by atoms with Crippen LogP contribution in [0, 0.1) is 18.6 Å². The number of aromatic nitrogens is 4. The van der Waals surface area contributed by atoms with E-state index in [1.807, 2.05) is 31.2 Å². The van der Waals surface area contributed by atoms with Gasteiger partial charge in [-0.15, -0.1) is 5.10 Å². The fourth-order valence-corrected chi connectivity index (χ4v) is 5.22. The molecule has 0 aliphatic carbocycles. The minimum Gasteiger partial charge on any atom is -0.281 e. The normalized spacial score (nSPS) is 20.6. The summed E-state index contributed by atoms with van der Waals surface area (Å²) in [6.07, 6.45) is 0.674. The highest BCUT2D eigenvalue weighted by molar-refractivity contribution is 7.91. The Morgan fingerprint density at radius 3 is 2.78 bits per heavy atom. The predicted molar refractivity (Wildman–Crippen MR) is 90.7 cm³/mol. The number of aryl methyl sites for hydroxylation is 2. The van der Waals surface area contributed by atoms with Crippen LogP contribution in [0.5, 0.6) is 0 Å². The van der Waals surface area contributed by atoms with E-state index >= 15 is 0 Å². The first-order valence-electron chi connectivity index (χ1n) is 7.69. The molecular formula is C14H21N5O2S2. The van der Waals surface area contributed by atoms with E-state index in [2.05, 4.69) is 15.0 Å². The molecule has 2 aromatic heterocycles. The Balaban J connectivity index is 1.93. The van der Waals surface area contributed by atoms with Gasteiger partial charge in [-0.05, 0) is 45.1 Å². The summed E-state index contributed by atoms with van der Waals surface area (Å²) in [6, 6.07) is 2.00. The molecule has 23 heavy (non-hydrogen) atoms. The van der Waals surface area contributed by atoms with Crippen molar-refractivity contribution in [2.75, 3.05) is 18.1 Å². The average molecular weight is 355 g/mol. The van der Waals surface area contributed by atoms with E-state index in [0.717, 1.165) is 17.9 Å². The van der Waals surface area contributed by atoms with Gasteiger partial charge in [-0.25, -0.2) is 18.1 Å². The highest BCUT2D eigenvalue weighted by atomic mass is 32.2. The molecule has 1 saturated heterocycles. The molecule has 1 aliphatic rings. The second-order valence-corrected chi connectivity index (χ2v) is 8.65. The molecule has 9 heteroatoms. The summed E-state index contributed by atoms with van der Waals surface area (Å²) in [5.74, 6) is 1.07. The molecule has 7 nitrogen and oxygen atoms in total. The minimum atomic E-state index is -2.90. The van der Waals surface area contributed by atoms with Crippen LogP contribution in [0.15, 0.2) is 6.07 Å². The van der Waals surface area contributed by atoms with Gasteiger partial charge in [-0.2, -0.15) is 0 Å². The fraction of sp³-hybridized carbons (Fsp3) is 0.643. The van der Waals surface area contributed by atoms with Gasteiger partial charge in [-0.1, -0.05) is 6.92 Å². The molecule has 0 spiro atoms. The third kappa shape index (κ3) is 3.17. The van der Waals surface area contributed by atoms with Crippen molar-refractivity contribution in [1.29, 1.82) is 0 Å². The molecule has 1 atom stereocenters. The molecule has 0 N–H and O–H groups in total. The molecule has 126 valence electrons. The molecule has 0 bridgehead atoms. The van der Waals surface area contributed by atoms with Crippen LogP contribution in [0.1, 0.15) is 24.7 Å². The smallest absolute Gasteiger partial charge is 0.254 e. The van der Waals surface area contributed by atoms with E-state index in [0.29, 0.717) is 23.6 Å². The van der Waals surface area contributed by atoms with Gasteiger partial charge in [0, 0.05) is 17.4 Å². The Hall–Kier alpha value is -1.32. The van der Waals surface area contributed by atoms with Crippen LogP contribution in [-0.2, 0) is 16.5 Å². The highest BCUT2D eigenvalue weighted by Crippen LogP contribution is 2.18. The number of sulfone groups is 1. The topological polar surface area (TPSA) is 72.5 Å². The van der Waals surface area contributed by atoms with Crippen LogP contribution < -0.4 is 0 Å². The second kappa shape index (κ2) is 5.95. The van der Waals surface area contributed by atoms with Crippen molar-refractivity contribution in [3.05, 3.63) is 22.2 Å². The van der Waals surface area contributed by atoms with Crippen LogP contribution in [0.2, 0.25) is 0 Å². The van der Waals surface area contributed by atoms with Crippen molar-refractivity contribution in [3.63, 3.8) is 0 Å². The molecule has 1 fully saturated rings. The fourth-order valence-electron chi connectivity index (χ4n) is 3.14. The summed E-state index contributed by atoms with van der Waals surface area (Å²) in [4.78, 5) is 6.54. The Morgan fingerprint density at radius 2 is 2.17 bits per heavy atom. The van der Waals surface area contributed by atoms with Gasteiger partial charge in [0.25, 0.3) is 5.78 Å². The first-order chi connectivity index (χ1) is 10.8. The van der Waals surface area contributed by atoms with Crippen LogP contribution >= 0.6 is 12.2 Å². The SMILES string of the molecule is CCN(Cn1nc2nc(C)cc(C)n2c1=S)[C@H]1CCS(=O)(=O)C1. The lowest BCUT2D eigenvalue weighted by Gasteiger charge is -2.25. The molecule has 0 unspecified atom stereocenters. The maximum absolute atomic E-state index is 11.7. The summed E-state index contributed by atoms with van der Waals surface area (Å²) in [7, 11) is -2.90. The van der Waals surface area contributed by atoms with Crippen LogP contribution in [0.4, 0.5) is 0 Å². The second-order valence-electron chi connectivity index (χ2n) is 6.06. The van der Waals surface area contributed by atoms with Gasteiger partial charge in [0.1, 0.15) is 0 Å². The molecule has 0 radical (unpaired) electrons. The van der Waals surface area contributed by atoms with Gasteiger partial charge >= 0.3 is 0 Å². The standard InChI is InChI=1S/C14H21N5O2S2/c1-4-17(12-5-6-23(20,21)8-12)9-18-14(22)19-11(3)7-10(2)15-13(19)16-18/h7,12H,4-6,8-9H2,1-3H3/t12-/m0/s1. The van der Waals surface area contributed by atoms with Crippen molar-refractivity contribution in [2.45, 2.75) is 39.9 Å². The first-order valence-corrected chi connectivity index (χ1v) is 9.92. The highest BCUT2D eigenvalue weighted by Gasteiger charge is 2.32. The molecule has 1 aliphatic heterocycles. The zero-order valence-electron chi connectivity index (χ0n) is 13.6. The van der Waals surface area contributed by atoms with E-state index in [-0.39, 0.29) is 17.5 Å². The number of hydrogen-bond donors (Lipinski definition) is 0. The lowest BCUT2D eigenvalue weighted by Crippen LogP contribution is -2.37. The number of hydrogen-bond acceptors (Lipinski definition) is 6. The third-order valence-corrected chi connectivity index (χ3v) is 6.46. The lowest BCUT2D eigenvalue weighted by molar-refractivity contribution is 0.164. The van der Waals surface area contributed by atoms with Crippen molar-refractivity contribution >= 4 is 27.8 Å². The maximum Gasteiger partial charge on any atom is 0.254 e. The zero-order chi connectivity index (χ0) is 16.8. The monoisotopic (exact) mass is 355 g/mol. The number of rotatable bonds is 4. The maximum atomic E-state index is 11.7. The van der Waals surface area contributed by atoms with E-state index in [1.165, 1.54) is 0 Å². The van der Waals surface area contributed by atoms with Gasteiger partial charge in [0.15, 0.2) is 9.84 Å². The van der Waals surface area contributed by atoms with Crippen molar-refractivity contribution in [1.82, 2.24) is 24.1 Å². The van der Waals surface area contributed by atoms with E-state index in [4.69, 9.17) is 12.2 Å². The van der Waals surface area contributed by atoms with E-state index in [9.17, 15) is 8.42 Å². The first kappa shape index (κ1) is 16.5. The summed E-state index contributed by atoms with van der Waals surface area (Å²) in [5, 5.41) is 4.50. The molecule has 3 rings (SSSR count). The molecule has 0 aromatic carbocycles. The number of nitrogens with zero attached hydrogens (tertiary/aromatic N) is 5. The lowest BCUT2D eigenvalue weighted by atomic mass is 10.2. The summed E-state index contributed by atoms with van der Waals surface area (Å²) < 4.78 is 27.6. The quantitative estimate of drug-likeness (QED) is 0.771. The molecule has 0 saturated carbocycles. The average Bonchev–Trinajstić information content (AvgIpc) is 2.96. The Bertz CT molecular complexity index is 900. The van der Waals surface area contributed by atoms with Crippen molar-refractivity contribution in [2.24, 2.45) is 0 Å². The number of fused-ring (bicyclic) bond motifs is 1. The molecular weight excluding hydrogens is 334 g/mol. The van der Waals surface area contributed by atoms with Crippen LogP contribution in [0.3, 0.4) is 0 Å². The van der Waals surface area contributed by atoms with Crippen molar-refractivity contribution in [3.8, 4) is 0 Å². The van der Waals surface area contributed by atoms with Crippen LogP contribution in [-0.4, -0.2) is 56.6 Å². The third-order valence-electron chi connectivity index (χ3n) is 4.32. The summed E-state index contributed by atoms with van der Waals surface area (Å²) >= 11 is 5.52. The zero-order valence-corrected chi connectivity index (χ0v) is 15.2. The Morgan fingerprint density at radius 1 is 1.43 bits per heavy atom. The largest absolute Gasteiger partial charge is 0.281 e. The molecule has 0 amide bonds. The Labute approximate surface area is 140 Å². The Kier molecular flexibility index (Phi) is 4.28. The van der Waals surface area contributed by atoms with Gasteiger partial charge in [0.2, 0.25) is 4.77 Å². The predicted octanol–water partition coefficient (Wildman–Crippen LogP) is 1.34. The summed E-state index contributed by atoms with van der Waals surface area (Å²) in [5.41, 5.74) is 1.90. The van der Waals surface area contributed by atoms with E-state index < -0.39 is 9.84 Å². The van der Waals surface area contributed by atoms with Gasteiger partial charge < -0.3 is 0 Å². The molecule has 2 aromatic rings. The van der Waals surface area contributed by atoms with Crippen LogP contribution in [0.25, 0.3) is 5.78 Å². The summed E-state index contributed by atoms with van der Waals surface area (Å²) in [6.45, 7) is 7.16. The minimum absolute atomic E-state index is 0.0347. The van der Waals surface area contributed by atoms with Gasteiger partial charge in [0.05, 0.1) is 18.2 Å². The van der Waals surface area contributed by atoms with E-state index in [1.54, 1.807) is 4.68 Å². The molecule has 3 heterocycles. The van der Waals surface area contributed by atoms with Gasteiger partial charge in [-0.3, -0.25) is 9.30 Å². The van der Waals surface area contributed by atoms with Crippen molar-refractivity contribution < 1.29 is 8.42 Å².